The van der Waals surface area contributed by atoms with Crippen molar-refractivity contribution in [2.24, 2.45) is 0 Å². The number of carbonyl (C=O) groups is 1. The Kier molecular flexibility index (Phi) is 3.51. The van der Waals surface area contributed by atoms with Crippen LogP contribution < -0.4 is 5.32 Å². The van der Waals surface area contributed by atoms with Gasteiger partial charge in [0.25, 0.3) is 0 Å². The number of anilines is 1. The summed E-state index contributed by atoms with van der Waals surface area (Å²) in [6.07, 6.45) is 7.07. The van der Waals surface area contributed by atoms with Crippen LogP contribution in [0.25, 0.3) is 0 Å². The summed E-state index contributed by atoms with van der Waals surface area (Å²) in [4.78, 5) is 11.0. The highest BCUT2D eigenvalue weighted by Crippen LogP contribution is 2.42. The van der Waals surface area contributed by atoms with Gasteiger partial charge in [0.2, 0.25) is 0 Å². The van der Waals surface area contributed by atoms with Gasteiger partial charge in [0.15, 0.2) is 5.82 Å². The van der Waals surface area contributed by atoms with Gasteiger partial charge < -0.3 is 10.4 Å². The van der Waals surface area contributed by atoms with Crippen molar-refractivity contribution in [2.45, 2.75) is 24.0 Å². The van der Waals surface area contributed by atoms with Gasteiger partial charge in [-0.1, -0.05) is 6.42 Å². The molecule has 0 radical (unpaired) electrons. The van der Waals surface area contributed by atoms with E-state index in [1.807, 2.05) is 11.8 Å². The number of hydrogen-bond donors (Lipinski definition) is 2. The lowest BCUT2D eigenvalue weighted by atomic mass is 9.84. The zero-order valence-electron chi connectivity index (χ0n) is 9.64. The van der Waals surface area contributed by atoms with Gasteiger partial charge in [-0.15, -0.1) is 5.10 Å². The van der Waals surface area contributed by atoms with Gasteiger partial charge in [0.1, 0.15) is 5.56 Å². The second-order valence-corrected chi connectivity index (χ2v) is 5.47. The molecule has 1 aromatic heterocycles. The summed E-state index contributed by atoms with van der Waals surface area (Å²) in [5, 5.41) is 19.7. The molecule has 1 aliphatic carbocycles. The molecule has 1 fully saturated rings. The lowest BCUT2D eigenvalue weighted by Crippen LogP contribution is -2.40. The van der Waals surface area contributed by atoms with Crippen LogP contribution in [0.1, 0.15) is 29.6 Å². The normalized spacial score (nSPS) is 17.2. The number of aromatic carboxylic acids is 1. The first-order valence-electron chi connectivity index (χ1n) is 5.51. The van der Waals surface area contributed by atoms with Gasteiger partial charge in [-0.25, -0.2) is 4.79 Å². The summed E-state index contributed by atoms with van der Waals surface area (Å²) in [5.74, 6) is -0.616. The Bertz CT molecular complexity index is 415. The number of nitrogens with zero attached hydrogens (tertiary/aromatic N) is 2. The highest BCUT2D eigenvalue weighted by Gasteiger charge is 2.36. The van der Waals surface area contributed by atoms with Crippen molar-refractivity contribution in [3.05, 3.63) is 17.8 Å². The van der Waals surface area contributed by atoms with Crippen molar-refractivity contribution in [1.82, 2.24) is 10.2 Å². The van der Waals surface area contributed by atoms with Crippen molar-refractivity contribution in [3.63, 3.8) is 0 Å². The SMILES string of the molecule is CSC1(CNc2nnccc2C(=O)O)CCC1. The molecule has 92 valence electrons. The van der Waals surface area contributed by atoms with E-state index in [2.05, 4.69) is 21.8 Å². The van der Waals surface area contributed by atoms with Crippen LogP contribution in [0, 0.1) is 0 Å². The number of thioether (sulfide) groups is 1. The van der Waals surface area contributed by atoms with Gasteiger partial charge in [-0.2, -0.15) is 16.9 Å². The topological polar surface area (TPSA) is 75.1 Å². The standard InChI is InChI=1S/C11H15N3O2S/c1-17-11(4-2-5-11)7-12-9-8(10(15)16)3-6-13-14-9/h3,6H,2,4-5,7H2,1H3,(H,12,14)(H,15,16). The third-order valence-corrected chi connectivity index (χ3v) is 4.65. The van der Waals surface area contributed by atoms with Crippen LogP contribution in [-0.4, -0.2) is 38.8 Å². The molecule has 0 bridgehead atoms. The number of hydrogen-bond acceptors (Lipinski definition) is 5. The lowest BCUT2D eigenvalue weighted by molar-refractivity contribution is 0.0697. The first-order chi connectivity index (χ1) is 8.17. The maximum Gasteiger partial charge on any atom is 0.339 e. The number of carboxylic acids is 1. The van der Waals surface area contributed by atoms with E-state index in [4.69, 9.17) is 5.11 Å². The van der Waals surface area contributed by atoms with E-state index < -0.39 is 5.97 Å². The van der Waals surface area contributed by atoms with Crippen LogP contribution in [-0.2, 0) is 0 Å². The molecule has 0 amide bonds. The smallest absolute Gasteiger partial charge is 0.339 e. The van der Waals surface area contributed by atoms with Crippen LogP contribution in [0.3, 0.4) is 0 Å². The fourth-order valence-electron chi connectivity index (χ4n) is 1.90. The predicted octanol–water partition coefficient (Wildman–Crippen LogP) is 1.87. The molecule has 17 heavy (non-hydrogen) atoms. The molecule has 1 aliphatic rings. The van der Waals surface area contributed by atoms with Crippen molar-refractivity contribution in [3.8, 4) is 0 Å². The lowest BCUT2D eigenvalue weighted by Gasteiger charge is -2.40. The summed E-state index contributed by atoms with van der Waals surface area (Å²) < 4.78 is 0.243. The maximum atomic E-state index is 11.0. The predicted molar refractivity (Wildman–Crippen MR) is 67.6 cm³/mol. The molecule has 0 aromatic carbocycles. The average molecular weight is 253 g/mol. The Morgan fingerprint density at radius 3 is 2.94 bits per heavy atom. The van der Waals surface area contributed by atoms with Crippen LogP contribution in [0.2, 0.25) is 0 Å². The van der Waals surface area contributed by atoms with Crippen LogP contribution in [0.5, 0.6) is 0 Å². The van der Waals surface area contributed by atoms with E-state index in [1.165, 1.54) is 31.5 Å². The first kappa shape index (κ1) is 12.2. The van der Waals surface area contributed by atoms with E-state index >= 15 is 0 Å². The first-order valence-corrected chi connectivity index (χ1v) is 6.73. The van der Waals surface area contributed by atoms with Crippen molar-refractivity contribution < 1.29 is 9.90 Å². The summed E-state index contributed by atoms with van der Waals surface area (Å²) in [5.41, 5.74) is 0.176. The fraction of sp³-hybridized carbons (Fsp3) is 0.545. The molecule has 0 unspecified atom stereocenters. The van der Waals surface area contributed by atoms with E-state index in [9.17, 15) is 4.79 Å². The fourth-order valence-corrected chi connectivity index (χ4v) is 2.82. The largest absolute Gasteiger partial charge is 0.478 e. The van der Waals surface area contributed by atoms with E-state index in [-0.39, 0.29) is 10.3 Å². The maximum absolute atomic E-state index is 11.0. The molecule has 1 saturated carbocycles. The highest BCUT2D eigenvalue weighted by atomic mass is 32.2. The highest BCUT2D eigenvalue weighted by molar-refractivity contribution is 8.00. The van der Waals surface area contributed by atoms with Gasteiger partial charge in [0.05, 0.1) is 6.20 Å². The Hall–Kier alpha value is -1.30. The minimum Gasteiger partial charge on any atom is -0.478 e. The van der Waals surface area contributed by atoms with Gasteiger partial charge in [-0.05, 0) is 25.2 Å². The number of aromatic nitrogens is 2. The van der Waals surface area contributed by atoms with E-state index in [0.29, 0.717) is 5.82 Å². The second kappa shape index (κ2) is 4.91. The minimum atomic E-state index is -0.978. The summed E-state index contributed by atoms with van der Waals surface area (Å²) in [7, 11) is 0. The van der Waals surface area contributed by atoms with Crippen molar-refractivity contribution >= 4 is 23.5 Å². The zero-order chi connectivity index (χ0) is 12.3. The van der Waals surface area contributed by atoms with Gasteiger partial charge in [-0.3, -0.25) is 0 Å². The Labute approximate surface area is 104 Å². The molecule has 0 spiro atoms. The Balaban J connectivity index is 2.06. The number of rotatable bonds is 5. The third-order valence-electron chi connectivity index (χ3n) is 3.23. The van der Waals surface area contributed by atoms with Gasteiger partial charge in [0, 0.05) is 11.3 Å². The molecular weight excluding hydrogens is 238 g/mol. The molecule has 0 aliphatic heterocycles. The van der Waals surface area contributed by atoms with Crippen LogP contribution >= 0.6 is 11.8 Å². The molecule has 2 N–H and O–H groups in total. The van der Waals surface area contributed by atoms with Crippen molar-refractivity contribution in [1.29, 1.82) is 0 Å². The number of nitrogens with one attached hydrogen (secondary N) is 1. The molecule has 1 aromatic rings. The van der Waals surface area contributed by atoms with E-state index in [1.54, 1.807) is 0 Å². The Morgan fingerprint density at radius 2 is 2.41 bits per heavy atom. The summed E-state index contributed by atoms with van der Waals surface area (Å²) >= 11 is 1.83. The summed E-state index contributed by atoms with van der Waals surface area (Å²) in [6.45, 7) is 0.743. The molecule has 6 heteroatoms. The molecule has 1 heterocycles. The van der Waals surface area contributed by atoms with Gasteiger partial charge >= 0.3 is 5.97 Å². The quantitative estimate of drug-likeness (QED) is 0.834. The molecule has 2 rings (SSSR count). The zero-order valence-corrected chi connectivity index (χ0v) is 10.5. The molecule has 0 saturated heterocycles. The minimum absolute atomic E-state index is 0.176. The van der Waals surface area contributed by atoms with E-state index in [0.717, 1.165) is 6.54 Å². The third kappa shape index (κ3) is 2.52. The monoisotopic (exact) mass is 253 g/mol. The van der Waals surface area contributed by atoms with Crippen LogP contribution in [0.15, 0.2) is 12.3 Å². The molecular formula is C11H15N3O2S. The molecule has 5 nitrogen and oxygen atoms in total. The molecule has 0 atom stereocenters. The summed E-state index contributed by atoms with van der Waals surface area (Å²) in [6, 6.07) is 1.46. The second-order valence-electron chi connectivity index (χ2n) is 4.19. The van der Waals surface area contributed by atoms with Crippen molar-refractivity contribution in [2.75, 3.05) is 18.1 Å². The average Bonchev–Trinajstić information content (AvgIpc) is 2.28. The Morgan fingerprint density at radius 1 is 1.65 bits per heavy atom. The number of carboxylic acid groups (broad SMARTS) is 1. The van der Waals surface area contributed by atoms with Crippen LogP contribution in [0.4, 0.5) is 5.82 Å².